The lowest BCUT2D eigenvalue weighted by Gasteiger charge is -2.36. The number of nitrogens with two attached hydrogens (primary N) is 1. The van der Waals surface area contributed by atoms with Crippen LogP contribution in [0.25, 0.3) is 0 Å². The van der Waals surface area contributed by atoms with Gasteiger partial charge in [0.05, 0.1) is 0 Å². The van der Waals surface area contributed by atoms with Crippen LogP contribution in [0.3, 0.4) is 0 Å². The van der Waals surface area contributed by atoms with Crippen LogP contribution < -0.4 is 10.6 Å². The Balaban J connectivity index is 2.03. The van der Waals surface area contributed by atoms with E-state index >= 15 is 0 Å². The minimum Gasteiger partial charge on any atom is -0.396 e. The van der Waals surface area contributed by atoms with Crippen LogP contribution in [-0.2, 0) is 0 Å². The van der Waals surface area contributed by atoms with Gasteiger partial charge >= 0.3 is 0 Å². The standard InChI is InChI=1S/C9H17N5O/c10-8-11-9(13-12-8)14(5-2-6-15)7-3-1-4-7/h7,15H,1-6H2,(H3,10,11,12,13). The highest BCUT2D eigenvalue weighted by molar-refractivity contribution is 5.35. The summed E-state index contributed by atoms with van der Waals surface area (Å²) < 4.78 is 0. The highest BCUT2D eigenvalue weighted by atomic mass is 16.3. The average Bonchev–Trinajstić information content (AvgIpc) is 2.56. The molecule has 4 N–H and O–H groups in total. The molecule has 84 valence electrons. The fraction of sp³-hybridized carbons (Fsp3) is 0.778. The number of H-pyrrole nitrogens is 1. The molecule has 0 bridgehead atoms. The number of aliphatic hydroxyl groups is 1. The molecule has 0 radical (unpaired) electrons. The van der Waals surface area contributed by atoms with Crippen LogP contribution in [-0.4, -0.2) is 39.5 Å². The number of hydrogen-bond acceptors (Lipinski definition) is 5. The van der Waals surface area contributed by atoms with E-state index in [1.807, 2.05) is 0 Å². The van der Waals surface area contributed by atoms with Crippen molar-refractivity contribution in [3.8, 4) is 0 Å². The number of aromatic nitrogens is 3. The quantitative estimate of drug-likeness (QED) is 0.644. The molecule has 1 aliphatic rings. The van der Waals surface area contributed by atoms with Crippen LogP contribution in [0, 0.1) is 0 Å². The fourth-order valence-electron chi connectivity index (χ4n) is 1.78. The van der Waals surface area contributed by atoms with Crippen molar-refractivity contribution in [2.45, 2.75) is 31.7 Å². The second-order valence-corrected chi connectivity index (χ2v) is 3.88. The Morgan fingerprint density at radius 2 is 2.33 bits per heavy atom. The zero-order chi connectivity index (χ0) is 10.7. The van der Waals surface area contributed by atoms with Crippen molar-refractivity contribution in [2.75, 3.05) is 23.8 Å². The topological polar surface area (TPSA) is 91.1 Å². The van der Waals surface area contributed by atoms with Crippen molar-refractivity contribution in [3.05, 3.63) is 0 Å². The Morgan fingerprint density at radius 3 is 2.80 bits per heavy atom. The van der Waals surface area contributed by atoms with Gasteiger partial charge in [0, 0.05) is 19.2 Å². The van der Waals surface area contributed by atoms with E-state index in [9.17, 15) is 0 Å². The molecule has 0 aromatic carbocycles. The lowest BCUT2D eigenvalue weighted by molar-refractivity contribution is 0.282. The van der Waals surface area contributed by atoms with E-state index in [0.29, 0.717) is 17.9 Å². The lowest BCUT2D eigenvalue weighted by atomic mass is 9.91. The third-order valence-electron chi connectivity index (χ3n) is 2.82. The summed E-state index contributed by atoms with van der Waals surface area (Å²) in [6, 6.07) is 0.520. The molecule has 0 unspecified atom stereocenters. The molecule has 6 heteroatoms. The zero-order valence-electron chi connectivity index (χ0n) is 8.69. The maximum Gasteiger partial charge on any atom is 0.246 e. The predicted molar refractivity (Wildman–Crippen MR) is 57.5 cm³/mol. The first kappa shape index (κ1) is 10.2. The van der Waals surface area contributed by atoms with Crippen LogP contribution in [0.15, 0.2) is 0 Å². The molecule has 0 spiro atoms. The van der Waals surface area contributed by atoms with E-state index in [1.54, 1.807) is 0 Å². The number of hydrogen-bond donors (Lipinski definition) is 3. The summed E-state index contributed by atoms with van der Waals surface area (Å²) in [7, 11) is 0. The summed E-state index contributed by atoms with van der Waals surface area (Å²) in [4.78, 5) is 6.25. The van der Waals surface area contributed by atoms with Crippen LogP contribution >= 0.6 is 0 Å². The summed E-state index contributed by atoms with van der Waals surface area (Å²) in [5.41, 5.74) is 5.50. The average molecular weight is 211 g/mol. The van der Waals surface area contributed by atoms with Crippen molar-refractivity contribution in [2.24, 2.45) is 0 Å². The molecule has 1 aromatic rings. The Bertz CT molecular complexity index is 309. The van der Waals surface area contributed by atoms with E-state index in [4.69, 9.17) is 10.8 Å². The van der Waals surface area contributed by atoms with Crippen molar-refractivity contribution in [1.29, 1.82) is 0 Å². The van der Waals surface area contributed by atoms with Crippen molar-refractivity contribution >= 4 is 11.9 Å². The number of nitrogen functional groups attached to an aromatic ring is 1. The molecule has 2 rings (SSSR count). The first-order chi connectivity index (χ1) is 7.31. The molecule has 15 heavy (non-hydrogen) atoms. The Kier molecular flexibility index (Phi) is 3.05. The van der Waals surface area contributed by atoms with Gasteiger partial charge in [-0.05, 0) is 25.7 Å². The largest absolute Gasteiger partial charge is 0.396 e. The molecule has 1 aromatic heterocycles. The Hall–Kier alpha value is -1.30. The molecule has 0 amide bonds. The van der Waals surface area contributed by atoms with Crippen LogP contribution in [0.5, 0.6) is 0 Å². The smallest absolute Gasteiger partial charge is 0.246 e. The maximum absolute atomic E-state index is 8.84. The summed E-state index contributed by atoms with van der Waals surface area (Å²) in [5.74, 6) is 1.00. The number of nitrogens with zero attached hydrogens (tertiary/aromatic N) is 3. The number of rotatable bonds is 5. The third kappa shape index (κ3) is 2.20. The van der Waals surface area contributed by atoms with Crippen LogP contribution in [0.2, 0.25) is 0 Å². The fourth-order valence-corrected chi connectivity index (χ4v) is 1.78. The van der Waals surface area contributed by atoms with Gasteiger partial charge in [0.2, 0.25) is 11.9 Å². The van der Waals surface area contributed by atoms with Gasteiger partial charge in [0.25, 0.3) is 0 Å². The summed E-state index contributed by atoms with van der Waals surface area (Å²) >= 11 is 0. The van der Waals surface area contributed by atoms with Crippen molar-refractivity contribution < 1.29 is 5.11 Å². The number of anilines is 2. The van der Waals surface area contributed by atoms with Gasteiger partial charge in [-0.3, -0.25) is 0 Å². The van der Waals surface area contributed by atoms with Crippen LogP contribution in [0.4, 0.5) is 11.9 Å². The second kappa shape index (κ2) is 4.48. The molecule has 1 fully saturated rings. The van der Waals surface area contributed by atoms with Gasteiger partial charge in [0.15, 0.2) is 0 Å². The van der Waals surface area contributed by atoms with Gasteiger partial charge in [0.1, 0.15) is 0 Å². The zero-order valence-corrected chi connectivity index (χ0v) is 8.69. The molecule has 0 saturated heterocycles. The van der Waals surface area contributed by atoms with E-state index in [-0.39, 0.29) is 6.61 Å². The van der Waals surface area contributed by atoms with Gasteiger partial charge in [-0.1, -0.05) is 0 Å². The van der Waals surface area contributed by atoms with E-state index in [0.717, 1.165) is 13.0 Å². The maximum atomic E-state index is 8.84. The second-order valence-electron chi connectivity index (χ2n) is 3.88. The SMILES string of the molecule is Nc1nc(N(CCCO)C2CCC2)n[nH]1. The van der Waals surface area contributed by atoms with Gasteiger partial charge in [-0.15, -0.1) is 5.10 Å². The number of aliphatic hydroxyl groups excluding tert-OH is 1. The van der Waals surface area contributed by atoms with Crippen molar-refractivity contribution in [3.63, 3.8) is 0 Å². The molecule has 1 saturated carbocycles. The summed E-state index contributed by atoms with van der Waals surface area (Å²) in [6.45, 7) is 0.988. The molecule has 0 atom stereocenters. The Morgan fingerprint density at radius 1 is 1.53 bits per heavy atom. The first-order valence-electron chi connectivity index (χ1n) is 5.36. The highest BCUT2D eigenvalue weighted by Gasteiger charge is 2.27. The van der Waals surface area contributed by atoms with Gasteiger partial charge in [-0.2, -0.15) is 4.98 Å². The molecule has 1 heterocycles. The van der Waals surface area contributed by atoms with Gasteiger partial charge in [-0.25, -0.2) is 5.10 Å². The minimum absolute atomic E-state index is 0.198. The monoisotopic (exact) mass is 211 g/mol. The van der Waals surface area contributed by atoms with Crippen molar-refractivity contribution in [1.82, 2.24) is 15.2 Å². The normalized spacial score (nSPS) is 16.3. The third-order valence-corrected chi connectivity index (χ3v) is 2.82. The molecular formula is C9H17N5O. The van der Waals surface area contributed by atoms with Gasteiger partial charge < -0.3 is 15.7 Å². The molecule has 1 aliphatic carbocycles. The molecule has 0 aliphatic heterocycles. The number of aromatic amines is 1. The Labute approximate surface area is 88.5 Å². The summed E-state index contributed by atoms with van der Waals surface area (Å²) in [5, 5.41) is 15.5. The number of nitrogens with one attached hydrogen (secondary N) is 1. The predicted octanol–water partition coefficient (Wildman–Crippen LogP) is 0.128. The minimum atomic E-state index is 0.198. The molecular weight excluding hydrogens is 194 g/mol. The lowest BCUT2D eigenvalue weighted by Crippen LogP contribution is -2.41. The van der Waals surface area contributed by atoms with E-state index in [1.165, 1.54) is 19.3 Å². The van der Waals surface area contributed by atoms with Crippen LogP contribution in [0.1, 0.15) is 25.7 Å². The summed E-state index contributed by atoms with van der Waals surface area (Å²) in [6.07, 6.45) is 4.37. The molecule has 6 nitrogen and oxygen atoms in total. The first-order valence-corrected chi connectivity index (χ1v) is 5.36. The highest BCUT2D eigenvalue weighted by Crippen LogP contribution is 2.27. The van der Waals surface area contributed by atoms with E-state index < -0.39 is 0 Å². The van der Waals surface area contributed by atoms with E-state index in [2.05, 4.69) is 20.1 Å².